The lowest BCUT2D eigenvalue weighted by Crippen LogP contribution is -2.43. The van der Waals surface area contributed by atoms with E-state index in [1.54, 1.807) is 48.5 Å². The quantitative estimate of drug-likeness (QED) is 0.879. The maximum Gasteiger partial charge on any atom is 0.243 e. The van der Waals surface area contributed by atoms with Crippen molar-refractivity contribution >= 4 is 21.6 Å². The van der Waals surface area contributed by atoms with Crippen LogP contribution in [-0.4, -0.2) is 31.7 Å². The topological polar surface area (TPSA) is 90.3 Å². The van der Waals surface area contributed by atoms with Crippen molar-refractivity contribution in [1.29, 1.82) is 5.26 Å². The van der Waals surface area contributed by atoms with Gasteiger partial charge in [0.2, 0.25) is 15.9 Å². The summed E-state index contributed by atoms with van der Waals surface area (Å²) in [7, 11) is -3.62. The summed E-state index contributed by atoms with van der Waals surface area (Å²) in [5, 5.41) is 11.8. The number of rotatable bonds is 4. The van der Waals surface area contributed by atoms with E-state index in [2.05, 4.69) is 5.32 Å². The van der Waals surface area contributed by atoms with Crippen LogP contribution in [0, 0.1) is 24.2 Å². The van der Waals surface area contributed by atoms with E-state index >= 15 is 0 Å². The highest BCUT2D eigenvalue weighted by Crippen LogP contribution is 2.25. The first-order chi connectivity index (χ1) is 12.9. The van der Waals surface area contributed by atoms with Crippen LogP contribution in [0.2, 0.25) is 0 Å². The van der Waals surface area contributed by atoms with E-state index < -0.39 is 15.9 Å². The normalized spacial score (nSPS) is 17.9. The molecule has 1 unspecified atom stereocenters. The predicted octanol–water partition coefficient (Wildman–Crippen LogP) is 2.91. The molecule has 1 heterocycles. The van der Waals surface area contributed by atoms with E-state index in [0.29, 0.717) is 30.6 Å². The number of hydrogen-bond donors (Lipinski definition) is 1. The van der Waals surface area contributed by atoms with Crippen molar-refractivity contribution in [2.24, 2.45) is 5.92 Å². The molecular formula is C20H21N3O3S. The van der Waals surface area contributed by atoms with Crippen molar-refractivity contribution in [2.45, 2.75) is 24.7 Å². The number of amides is 1. The van der Waals surface area contributed by atoms with Gasteiger partial charge in [0.15, 0.2) is 0 Å². The van der Waals surface area contributed by atoms with Crippen molar-refractivity contribution in [3.05, 3.63) is 59.7 Å². The van der Waals surface area contributed by atoms with Crippen LogP contribution in [0.25, 0.3) is 0 Å². The van der Waals surface area contributed by atoms with Crippen LogP contribution in [0.5, 0.6) is 0 Å². The standard InChI is InChI=1S/C20H21N3O3S/c1-15-7-9-19(10-8-15)27(25,26)23-11-3-5-17(14-23)20(24)22-18-6-2-4-16(12-18)13-21/h2,4,6-10,12,17H,3,5,11,14H2,1H3,(H,22,24). The van der Waals surface area contributed by atoms with E-state index in [1.807, 2.05) is 13.0 Å². The first-order valence-corrected chi connectivity index (χ1v) is 10.2. The summed E-state index contributed by atoms with van der Waals surface area (Å²) < 4.78 is 27.1. The van der Waals surface area contributed by atoms with Gasteiger partial charge in [0.25, 0.3) is 0 Å². The summed E-state index contributed by atoms with van der Waals surface area (Å²) >= 11 is 0. The monoisotopic (exact) mass is 383 g/mol. The number of anilines is 1. The lowest BCUT2D eigenvalue weighted by atomic mass is 9.98. The third kappa shape index (κ3) is 4.35. The molecule has 140 valence electrons. The summed E-state index contributed by atoms with van der Waals surface area (Å²) in [6, 6.07) is 15.4. The lowest BCUT2D eigenvalue weighted by Gasteiger charge is -2.31. The molecule has 1 N–H and O–H groups in total. The maximum atomic E-state index is 12.9. The number of benzene rings is 2. The minimum atomic E-state index is -3.62. The van der Waals surface area contributed by atoms with Gasteiger partial charge in [-0.25, -0.2) is 8.42 Å². The lowest BCUT2D eigenvalue weighted by molar-refractivity contribution is -0.120. The Labute approximate surface area is 159 Å². The van der Waals surface area contributed by atoms with Crippen LogP contribution >= 0.6 is 0 Å². The summed E-state index contributed by atoms with van der Waals surface area (Å²) in [5.74, 6) is -0.654. The van der Waals surface area contributed by atoms with Crippen molar-refractivity contribution in [3.8, 4) is 6.07 Å². The van der Waals surface area contributed by atoms with E-state index in [9.17, 15) is 13.2 Å². The van der Waals surface area contributed by atoms with Crippen LogP contribution in [0.3, 0.4) is 0 Å². The van der Waals surface area contributed by atoms with Gasteiger partial charge in [-0.05, 0) is 50.1 Å². The molecule has 1 aliphatic heterocycles. The fourth-order valence-corrected chi connectivity index (χ4v) is 4.67. The van der Waals surface area contributed by atoms with Crippen LogP contribution in [0.1, 0.15) is 24.0 Å². The van der Waals surface area contributed by atoms with E-state index in [4.69, 9.17) is 5.26 Å². The zero-order chi connectivity index (χ0) is 19.4. The van der Waals surface area contributed by atoms with Gasteiger partial charge in [-0.2, -0.15) is 9.57 Å². The molecule has 0 aromatic heterocycles. The smallest absolute Gasteiger partial charge is 0.243 e. The van der Waals surface area contributed by atoms with E-state index in [-0.39, 0.29) is 17.3 Å². The van der Waals surface area contributed by atoms with Crippen molar-refractivity contribution in [3.63, 3.8) is 0 Å². The number of carbonyl (C=O) groups excluding carboxylic acids is 1. The SMILES string of the molecule is Cc1ccc(S(=O)(=O)N2CCCC(C(=O)Nc3cccc(C#N)c3)C2)cc1. The molecular weight excluding hydrogens is 362 g/mol. The van der Waals surface area contributed by atoms with E-state index in [1.165, 1.54) is 4.31 Å². The maximum absolute atomic E-state index is 12.9. The van der Waals surface area contributed by atoms with Gasteiger partial charge < -0.3 is 5.32 Å². The van der Waals surface area contributed by atoms with Gasteiger partial charge in [0.05, 0.1) is 22.4 Å². The average molecular weight is 383 g/mol. The molecule has 2 aromatic rings. The predicted molar refractivity (Wildman–Crippen MR) is 102 cm³/mol. The number of nitriles is 1. The second kappa shape index (κ2) is 7.91. The summed E-state index contributed by atoms with van der Waals surface area (Å²) in [4.78, 5) is 12.9. The van der Waals surface area contributed by atoms with Crippen LogP contribution in [-0.2, 0) is 14.8 Å². The zero-order valence-corrected chi connectivity index (χ0v) is 15.9. The highest BCUT2D eigenvalue weighted by atomic mass is 32.2. The molecule has 6 nitrogen and oxygen atoms in total. The Morgan fingerprint density at radius 2 is 1.96 bits per heavy atom. The number of piperidine rings is 1. The van der Waals surface area contributed by atoms with Crippen molar-refractivity contribution in [1.82, 2.24) is 4.31 Å². The molecule has 1 fully saturated rings. The molecule has 1 amide bonds. The third-order valence-corrected chi connectivity index (χ3v) is 6.55. The Morgan fingerprint density at radius 1 is 1.22 bits per heavy atom. The molecule has 1 saturated heterocycles. The number of sulfonamides is 1. The third-order valence-electron chi connectivity index (χ3n) is 4.67. The van der Waals surface area contributed by atoms with Gasteiger partial charge >= 0.3 is 0 Å². The minimum Gasteiger partial charge on any atom is -0.326 e. The van der Waals surface area contributed by atoms with Gasteiger partial charge in [-0.15, -0.1) is 0 Å². The Morgan fingerprint density at radius 3 is 2.67 bits per heavy atom. The second-order valence-corrected chi connectivity index (χ2v) is 8.64. The number of aryl methyl sites for hydroxylation is 1. The summed E-state index contributed by atoms with van der Waals surface area (Å²) in [6.45, 7) is 2.46. The van der Waals surface area contributed by atoms with Gasteiger partial charge in [0.1, 0.15) is 0 Å². The molecule has 0 radical (unpaired) electrons. The number of nitrogens with one attached hydrogen (secondary N) is 1. The number of hydrogen-bond acceptors (Lipinski definition) is 4. The Kier molecular flexibility index (Phi) is 5.59. The Balaban J connectivity index is 1.72. The van der Waals surface area contributed by atoms with Crippen molar-refractivity contribution < 1.29 is 13.2 Å². The van der Waals surface area contributed by atoms with Gasteiger partial charge in [-0.3, -0.25) is 4.79 Å². The molecule has 7 heteroatoms. The molecule has 27 heavy (non-hydrogen) atoms. The second-order valence-electron chi connectivity index (χ2n) is 6.70. The van der Waals surface area contributed by atoms with Crippen LogP contribution in [0.15, 0.2) is 53.4 Å². The molecule has 0 bridgehead atoms. The zero-order valence-electron chi connectivity index (χ0n) is 15.1. The fourth-order valence-electron chi connectivity index (χ4n) is 3.14. The van der Waals surface area contributed by atoms with Gasteiger partial charge in [0, 0.05) is 18.8 Å². The first-order valence-electron chi connectivity index (χ1n) is 8.78. The molecule has 2 aromatic carbocycles. The summed E-state index contributed by atoms with van der Waals surface area (Å²) in [5.41, 5.74) is 1.99. The fraction of sp³-hybridized carbons (Fsp3) is 0.300. The number of nitrogens with zero attached hydrogens (tertiary/aromatic N) is 2. The molecule has 0 saturated carbocycles. The number of carbonyl (C=O) groups is 1. The summed E-state index contributed by atoms with van der Waals surface area (Å²) in [6.07, 6.45) is 1.26. The highest BCUT2D eigenvalue weighted by molar-refractivity contribution is 7.89. The van der Waals surface area contributed by atoms with Crippen LogP contribution in [0.4, 0.5) is 5.69 Å². The van der Waals surface area contributed by atoms with Crippen molar-refractivity contribution in [2.75, 3.05) is 18.4 Å². The Hall–Kier alpha value is -2.69. The molecule has 1 atom stereocenters. The molecule has 1 aliphatic rings. The average Bonchev–Trinajstić information content (AvgIpc) is 2.68. The Bertz CT molecular complexity index is 978. The molecule has 0 spiro atoms. The largest absolute Gasteiger partial charge is 0.326 e. The minimum absolute atomic E-state index is 0.153. The molecule has 3 rings (SSSR count). The van der Waals surface area contributed by atoms with E-state index in [0.717, 1.165) is 5.56 Å². The van der Waals surface area contributed by atoms with Gasteiger partial charge in [-0.1, -0.05) is 23.8 Å². The first kappa shape index (κ1) is 19.1. The van der Waals surface area contributed by atoms with Crippen LogP contribution < -0.4 is 5.32 Å². The molecule has 0 aliphatic carbocycles. The highest BCUT2D eigenvalue weighted by Gasteiger charge is 2.33.